The van der Waals surface area contributed by atoms with Crippen LogP contribution in [0.1, 0.15) is 1.37 Å². The van der Waals surface area contributed by atoms with Crippen molar-refractivity contribution >= 4 is 28.5 Å². The maximum absolute atomic E-state index is 8.50. The Morgan fingerprint density at radius 1 is 0.656 bits per heavy atom. The predicted octanol–water partition coefficient (Wildman–Crippen LogP) is 8.22. The molecular formula is C28H19N2OP. The summed E-state index contributed by atoms with van der Waals surface area (Å²) in [6.07, 6.45) is 3.51. The average molecular weight is 431 g/mol. The van der Waals surface area contributed by atoms with Gasteiger partial charge in [0.1, 0.15) is 5.75 Å². The van der Waals surface area contributed by atoms with E-state index >= 15 is 0 Å². The lowest BCUT2D eigenvalue weighted by Crippen LogP contribution is -1.87. The van der Waals surface area contributed by atoms with Gasteiger partial charge in [-0.15, -0.1) is 0 Å². The summed E-state index contributed by atoms with van der Waals surface area (Å²) in [5, 5.41) is 4.97. The molecule has 0 N–H and O–H groups in total. The molecule has 152 valence electrons. The molecule has 3 aromatic heterocycles. The van der Waals surface area contributed by atoms with E-state index in [9.17, 15) is 0 Å². The molecule has 0 saturated carbocycles. The van der Waals surface area contributed by atoms with Crippen LogP contribution in [0.2, 0.25) is 0 Å². The number of fused-ring (bicyclic) bond motifs is 3. The molecule has 1 atom stereocenters. The van der Waals surface area contributed by atoms with Crippen LogP contribution >= 0.6 is 7.53 Å². The van der Waals surface area contributed by atoms with E-state index in [4.69, 9.17) is 6.11 Å². The Balaban J connectivity index is 1.52. The molecule has 3 heterocycles. The van der Waals surface area contributed by atoms with Crippen LogP contribution in [0.25, 0.3) is 37.6 Å². The largest absolute Gasteiger partial charge is 0.439 e. The maximum atomic E-state index is 8.50. The zero-order valence-electron chi connectivity index (χ0n) is 18.1. The van der Waals surface area contributed by atoms with Crippen LogP contribution in [0.4, 0.5) is 0 Å². The second-order valence-electron chi connectivity index (χ2n) is 7.49. The van der Waals surface area contributed by atoms with E-state index in [-0.39, 0.29) is 0 Å². The molecule has 0 aliphatic carbocycles. The predicted molar refractivity (Wildman–Crippen MR) is 133 cm³/mol. The first-order valence-electron chi connectivity index (χ1n) is 10.9. The van der Waals surface area contributed by atoms with Crippen molar-refractivity contribution in [1.29, 1.82) is 0 Å². The lowest BCUT2D eigenvalue weighted by Gasteiger charge is -2.08. The van der Waals surface area contributed by atoms with E-state index in [1.165, 1.54) is 21.0 Å². The molecule has 32 heavy (non-hydrogen) atoms. The van der Waals surface area contributed by atoms with E-state index < -0.39 is 7.53 Å². The minimum atomic E-state index is -0.887. The first kappa shape index (κ1) is 17.7. The maximum Gasteiger partial charge on any atom is 0.219 e. The van der Waals surface area contributed by atoms with Gasteiger partial charge in [0, 0.05) is 28.7 Å². The first-order chi connectivity index (χ1) is 16.3. The molecular weight excluding hydrogens is 411 g/mol. The van der Waals surface area contributed by atoms with E-state index in [1.807, 2.05) is 48.5 Å². The van der Waals surface area contributed by atoms with Crippen molar-refractivity contribution in [1.82, 2.24) is 9.97 Å². The highest BCUT2D eigenvalue weighted by atomic mass is 31.1. The summed E-state index contributed by atoms with van der Waals surface area (Å²) < 4.78 is 14.5. The second-order valence-corrected chi connectivity index (χ2v) is 9.55. The van der Waals surface area contributed by atoms with Crippen LogP contribution in [0.5, 0.6) is 11.6 Å². The minimum Gasteiger partial charge on any atom is -0.439 e. The molecule has 0 aliphatic heterocycles. The standard InChI is InChI=1S/C28H19N2OP/c1-2-11-25-23(10-1)24-15-14-21(19-26(24)32(25)28-13-4-6-17-30-28)20-8-7-9-22(18-20)31-27-12-3-5-16-29-27/h1-19H/i13D. The fourth-order valence-electron chi connectivity index (χ4n) is 4.08. The number of pyridine rings is 2. The van der Waals surface area contributed by atoms with E-state index in [0.29, 0.717) is 11.9 Å². The number of hydrogen-bond donors (Lipinski definition) is 0. The Labute approximate surface area is 188 Å². The second kappa shape index (κ2) is 7.96. The molecule has 3 nitrogen and oxygen atoms in total. The van der Waals surface area contributed by atoms with Gasteiger partial charge in [-0.1, -0.05) is 62.1 Å². The zero-order chi connectivity index (χ0) is 22.2. The molecule has 1 unspecified atom stereocenters. The summed E-state index contributed by atoms with van der Waals surface area (Å²) in [5.74, 6) is 1.32. The van der Waals surface area contributed by atoms with Gasteiger partial charge in [0.05, 0.1) is 6.81 Å². The Hall–Kier alpha value is -3.94. The van der Waals surface area contributed by atoms with Crippen molar-refractivity contribution in [3.63, 3.8) is 0 Å². The minimum absolute atomic E-state index is 0.488. The van der Waals surface area contributed by atoms with Gasteiger partial charge < -0.3 is 4.74 Å². The van der Waals surface area contributed by atoms with Gasteiger partial charge in [-0.05, 0) is 64.3 Å². The normalized spacial score (nSPS) is 12.1. The number of ether oxygens (including phenoxy) is 1. The van der Waals surface area contributed by atoms with Crippen molar-refractivity contribution in [2.45, 2.75) is 0 Å². The smallest absolute Gasteiger partial charge is 0.219 e. The Morgan fingerprint density at radius 2 is 1.47 bits per heavy atom. The highest BCUT2D eigenvalue weighted by Gasteiger charge is 2.15. The van der Waals surface area contributed by atoms with Gasteiger partial charge >= 0.3 is 0 Å². The lowest BCUT2D eigenvalue weighted by molar-refractivity contribution is 0.463. The van der Waals surface area contributed by atoms with Crippen molar-refractivity contribution in [3.05, 3.63) is 115 Å². The Kier molecular flexibility index (Phi) is 4.40. The van der Waals surface area contributed by atoms with Crippen LogP contribution in [0, 0.1) is 0 Å². The molecule has 0 aliphatic rings. The van der Waals surface area contributed by atoms with Crippen LogP contribution in [-0.2, 0) is 0 Å². The summed E-state index contributed by atoms with van der Waals surface area (Å²) >= 11 is 0. The van der Waals surface area contributed by atoms with Crippen LogP contribution in [-0.4, -0.2) is 9.97 Å². The molecule has 4 heteroatoms. The molecule has 3 aromatic carbocycles. The summed E-state index contributed by atoms with van der Waals surface area (Å²) in [6.45, 7) is 0. The highest BCUT2D eigenvalue weighted by Crippen LogP contribution is 2.54. The Bertz CT molecular complexity index is 1610. The lowest BCUT2D eigenvalue weighted by atomic mass is 10.0. The fourth-order valence-corrected chi connectivity index (χ4v) is 6.56. The molecule has 6 rings (SSSR count). The topological polar surface area (TPSA) is 35.0 Å². The third kappa shape index (κ3) is 3.33. The van der Waals surface area contributed by atoms with Crippen LogP contribution < -0.4 is 4.74 Å². The molecule has 0 saturated heterocycles. The summed E-state index contributed by atoms with van der Waals surface area (Å²) in [5.41, 5.74) is 3.04. The quantitative estimate of drug-likeness (QED) is 0.282. The number of hydrogen-bond acceptors (Lipinski definition) is 3. The highest BCUT2D eigenvalue weighted by molar-refractivity contribution is 7.67. The number of nitrogens with zero attached hydrogens (tertiary/aromatic N) is 2. The molecule has 0 bridgehead atoms. The van der Waals surface area contributed by atoms with Crippen molar-refractivity contribution in [2.75, 3.05) is 0 Å². The molecule has 0 fully saturated rings. The van der Waals surface area contributed by atoms with E-state index in [1.54, 1.807) is 12.4 Å². The summed E-state index contributed by atoms with van der Waals surface area (Å²) in [6, 6.07) is 33.0. The van der Waals surface area contributed by atoms with E-state index in [2.05, 4.69) is 58.5 Å². The van der Waals surface area contributed by atoms with Gasteiger partial charge in [0.2, 0.25) is 5.88 Å². The molecule has 0 radical (unpaired) electrons. The van der Waals surface area contributed by atoms with Crippen molar-refractivity contribution in [2.24, 2.45) is 0 Å². The number of aromatic nitrogens is 2. The van der Waals surface area contributed by atoms with Crippen LogP contribution in [0.15, 0.2) is 115 Å². The molecule has 6 aromatic rings. The Morgan fingerprint density at radius 3 is 2.38 bits per heavy atom. The van der Waals surface area contributed by atoms with Gasteiger partial charge in [0.15, 0.2) is 0 Å². The van der Waals surface area contributed by atoms with Gasteiger partial charge in [-0.3, -0.25) is 4.98 Å². The third-order valence-corrected chi connectivity index (χ3v) is 7.90. The van der Waals surface area contributed by atoms with Crippen molar-refractivity contribution < 1.29 is 6.11 Å². The molecule has 0 spiro atoms. The first-order valence-corrected chi connectivity index (χ1v) is 11.8. The monoisotopic (exact) mass is 431 g/mol. The SMILES string of the molecule is [2H]c1cccnc1-p1c2ccccc2c2ccc(-c3cccc(Oc4ccccn4)c3)cc21. The average Bonchev–Trinajstić information content (AvgIpc) is 3.19. The van der Waals surface area contributed by atoms with E-state index in [0.717, 1.165) is 22.3 Å². The van der Waals surface area contributed by atoms with Gasteiger partial charge in [-0.25, -0.2) is 4.98 Å². The molecule has 0 amide bonds. The van der Waals surface area contributed by atoms with Gasteiger partial charge in [0.25, 0.3) is 0 Å². The number of rotatable bonds is 4. The zero-order valence-corrected chi connectivity index (χ0v) is 18.0. The summed E-state index contributed by atoms with van der Waals surface area (Å²) in [7, 11) is -0.887. The summed E-state index contributed by atoms with van der Waals surface area (Å²) in [4.78, 5) is 8.89. The third-order valence-electron chi connectivity index (χ3n) is 5.50. The fraction of sp³-hybridized carbons (Fsp3) is 0. The van der Waals surface area contributed by atoms with Gasteiger partial charge in [-0.2, -0.15) is 0 Å². The van der Waals surface area contributed by atoms with Crippen molar-refractivity contribution in [3.8, 4) is 28.2 Å². The van der Waals surface area contributed by atoms with Crippen LogP contribution in [0.3, 0.4) is 0 Å². The number of benzene rings is 3.